The third-order valence-corrected chi connectivity index (χ3v) is 5.39. The van der Waals surface area contributed by atoms with Crippen molar-refractivity contribution >= 4 is 5.69 Å². The van der Waals surface area contributed by atoms with Gasteiger partial charge in [0.05, 0.1) is 6.61 Å². The van der Waals surface area contributed by atoms with Crippen LogP contribution >= 0.6 is 0 Å². The number of nitrogens with one attached hydrogen (secondary N) is 1. The van der Waals surface area contributed by atoms with Crippen molar-refractivity contribution in [3.05, 3.63) is 29.8 Å². The van der Waals surface area contributed by atoms with E-state index in [0.717, 1.165) is 19.7 Å². The van der Waals surface area contributed by atoms with Crippen molar-refractivity contribution in [2.45, 2.75) is 57.0 Å². The Balaban J connectivity index is 1.54. The van der Waals surface area contributed by atoms with E-state index in [-0.39, 0.29) is 5.54 Å². The molecule has 0 radical (unpaired) electrons. The third kappa shape index (κ3) is 3.64. The lowest BCUT2D eigenvalue weighted by atomic mass is 9.94. The van der Waals surface area contributed by atoms with Crippen molar-refractivity contribution in [1.82, 2.24) is 5.32 Å². The average molecular weight is 302 g/mol. The number of hydrogen-bond donors (Lipinski definition) is 1. The highest BCUT2D eigenvalue weighted by Crippen LogP contribution is 2.32. The molecule has 0 bridgehead atoms. The van der Waals surface area contributed by atoms with Crippen LogP contribution in [0.3, 0.4) is 0 Å². The summed E-state index contributed by atoms with van der Waals surface area (Å²) >= 11 is 0. The Morgan fingerprint density at radius 3 is 2.36 bits per heavy atom. The molecule has 1 aromatic rings. The van der Waals surface area contributed by atoms with Gasteiger partial charge in [-0.25, -0.2) is 0 Å². The first kappa shape index (κ1) is 15.8. The molecule has 0 amide bonds. The molecule has 3 rings (SSSR count). The number of benzene rings is 1. The lowest BCUT2D eigenvalue weighted by molar-refractivity contribution is 0.0996. The zero-order valence-corrected chi connectivity index (χ0v) is 14.1. The topological polar surface area (TPSA) is 24.5 Å². The minimum absolute atomic E-state index is 0.255. The first-order valence-electron chi connectivity index (χ1n) is 8.79. The Bertz CT molecular complexity index is 457. The molecule has 1 N–H and O–H groups in total. The summed E-state index contributed by atoms with van der Waals surface area (Å²) in [6, 6.07) is 9.59. The Kier molecular flexibility index (Phi) is 5.04. The lowest BCUT2D eigenvalue weighted by Gasteiger charge is -2.39. The Hall–Kier alpha value is -1.06. The van der Waals surface area contributed by atoms with Crippen molar-refractivity contribution in [3.8, 4) is 0 Å². The number of anilines is 1. The third-order valence-electron chi connectivity index (χ3n) is 5.39. The molecule has 1 aliphatic heterocycles. The van der Waals surface area contributed by atoms with Gasteiger partial charge in [0.15, 0.2) is 0 Å². The summed E-state index contributed by atoms with van der Waals surface area (Å²) in [5.74, 6) is 0. The molecular weight excluding hydrogens is 272 g/mol. The van der Waals surface area contributed by atoms with Crippen LogP contribution in [0.25, 0.3) is 0 Å². The van der Waals surface area contributed by atoms with Gasteiger partial charge < -0.3 is 15.0 Å². The maximum absolute atomic E-state index is 5.50. The number of methoxy groups -OCH3 is 1. The van der Waals surface area contributed by atoms with Crippen molar-refractivity contribution < 1.29 is 4.74 Å². The largest absolute Gasteiger partial charge is 0.383 e. The van der Waals surface area contributed by atoms with E-state index in [9.17, 15) is 0 Å². The van der Waals surface area contributed by atoms with Crippen LogP contribution in [-0.2, 0) is 4.74 Å². The maximum atomic E-state index is 5.50. The molecule has 122 valence electrons. The molecule has 0 unspecified atom stereocenters. The molecule has 3 heteroatoms. The van der Waals surface area contributed by atoms with E-state index in [1.54, 1.807) is 0 Å². The Morgan fingerprint density at radius 2 is 1.77 bits per heavy atom. The predicted octanol–water partition coefficient (Wildman–Crippen LogP) is 3.51. The monoisotopic (exact) mass is 302 g/mol. The number of rotatable bonds is 5. The van der Waals surface area contributed by atoms with Gasteiger partial charge in [-0.3, -0.25) is 0 Å². The van der Waals surface area contributed by atoms with E-state index in [4.69, 9.17) is 4.74 Å². The molecule has 2 aliphatic rings. The summed E-state index contributed by atoms with van der Waals surface area (Å²) in [7, 11) is 1.84. The van der Waals surface area contributed by atoms with Crippen LogP contribution in [0.5, 0.6) is 0 Å². The maximum Gasteiger partial charge on any atom is 0.0644 e. The van der Waals surface area contributed by atoms with Gasteiger partial charge in [-0.2, -0.15) is 0 Å². The summed E-state index contributed by atoms with van der Waals surface area (Å²) in [6.45, 7) is 5.33. The minimum Gasteiger partial charge on any atom is -0.383 e. The summed E-state index contributed by atoms with van der Waals surface area (Å²) < 4.78 is 5.50. The molecule has 0 aromatic heterocycles. The van der Waals surface area contributed by atoms with Gasteiger partial charge in [0.1, 0.15) is 0 Å². The molecule has 3 nitrogen and oxygen atoms in total. The van der Waals surface area contributed by atoms with E-state index in [2.05, 4.69) is 41.4 Å². The standard InChI is InChI=1S/C19H30N2O/c1-16-5-7-18(8-6-16)21-13-9-17(10-14-21)20-19(15-22-2)11-3-4-12-19/h5-8,17,20H,3-4,9-15H2,1-2H3. The number of ether oxygens (including phenoxy) is 1. The minimum atomic E-state index is 0.255. The van der Waals surface area contributed by atoms with Crippen LogP contribution in [0.4, 0.5) is 5.69 Å². The van der Waals surface area contributed by atoms with Gasteiger partial charge in [0.25, 0.3) is 0 Å². The fourth-order valence-electron chi connectivity index (χ4n) is 4.13. The summed E-state index contributed by atoms with van der Waals surface area (Å²) in [5.41, 5.74) is 2.96. The summed E-state index contributed by atoms with van der Waals surface area (Å²) in [5, 5.41) is 3.96. The van der Waals surface area contributed by atoms with Gasteiger partial charge in [0, 0.05) is 37.5 Å². The Labute approximate surface area is 135 Å². The number of nitrogens with zero attached hydrogens (tertiary/aromatic N) is 1. The summed E-state index contributed by atoms with van der Waals surface area (Å²) in [6.07, 6.45) is 7.72. The first-order chi connectivity index (χ1) is 10.7. The molecule has 1 saturated heterocycles. The van der Waals surface area contributed by atoms with Gasteiger partial charge >= 0.3 is 0 Å². The SMILES string of the molecule is COCC1(NC2CCN(c3ccc(C)cc3)CC2)CCCC1. The van der Waals surface area contributed by atoms with Crippen molar-refractivity contribution in [1.29, 1.82) is 0 Å². The summed E-state index contributed by atoms with van der Waals surface area (Å²) in [4.78, 5) is 2.52. The average Bonchev–Trinajstić information content (AvgIpc) is 2.98. The van der Waals surface area contributed by atoms with Crippen LogP contribution in [-0.4, -0.2) is 38.4 Å². The van der Waals surface area contributed by atoms with E-state index >= 15 is 0 Å². The van der Waals surface area contributed by atoms with Crippen LogP contribution in [0, 0.1) is 6.92 Å². The van der Waals surface area contributed by atoms with Gasteiger partial charge in [-0.1, -0.05) is 30.5 Å². The zero-order chi connectivity index (χ0) is 15.4. The van der Waals surface area contributed by atoms with Crippen LogP contribution in [0.1, 0.15) is 44.1 Å². The number of aryl methyl sites for hydroxylation is 1. The molecule has 1 saturated carbocycles. The van der Waals surface area contributed by atoms with Gasteiger partial charge in [-0.05, 0) is 44.7 Å². The molecule has 0 spiro atoms. The van der Waals surface area contributed by atoms with Crippen LogP contribution in [0.2, 0.25) is 0 Å². The highest BCUT2D eigenvalue weighted by Gasteiger charge is 2.36. The molecule has 1 aliphatic carbocycles. The van der Waals surface area contributed by atoms with Crippen molar-refractivity contribution in [2.75, 3.05) is 31.7 Å². The second-order valence-corrected chi connectivity index (χ2v) is 7.16. The normalized spacial score (nSPS) is 22.2. The Morgan fingerprint density at radius 1 is 1.14 bits per heavy atom. The highest BCUT2D eigenvalue weighted by atomic mass is 16.5. The number of hydrogen-bond acceptors (Lipinski definition) is 3. The van der Waals surface area contributed by atoms with Gasteiger partial charge in [-0.15, -0.1) is 0 Å². The number of piperidine rings is 1. The van der Waals surface area contributed by atoms with E-state index in [1.165, 1.54) is 49.8 Å². The molecular formula is C19H30N2O. The zero-order valence-electron chi connectivity index (χ0n) is 14.1. The van der Waals surface area contributed by atoms with Crippen molar-refractivity contribution in [2.24, 2.45) is 0 Å². The van der Waals surface area contributed by atoms with Gasteiger partial charge in [0.2, 0.25) is 0 Å². The smallest absolute Gasteiger partial charge is 0.0644 e. The van der Waals surface area contributed by atoms with Crippen LogP contribution < -0.4 is 10.2 Å². The molecule has 22 heavy (non-hydrogen) atoms. The van der Waals surface area contributed by atoms with E-state index in [0.29, 0.717) is 6.04 Å². The molecule has 2 fully saturated rings. The second kappa shape index (κ2) is 7.01. The molecule has 1 aromatic carbocycles. The highest BCUT2D eigenvalue weighted by molar-refractivity contribution is 5.47. The van der Waals surface area contributed by atoms with Crippen LogP contribution in [0.15, 0.2) is 24.3 Å². The fourth-order valence-corrected chi connectivity index (χ4v) is 4.13. The lowest BCUT2D eigenvalue weighted by Crippen LogP contribution is -2.54. The first-order valence-corrected chi connectivity index (χ1v) is 8.79. The van der Waals surface area contributed by atoms with E-state index < -0.39 is 0 Å². The second-order valence-electron chi connectivity index (χ2n) is 7.16. The molecule has 1 heterocycles. The quantitative estimate of drug-likeness (QED) is 0.901. The molecule has 0 atom stereocenters. The fraction of sp³-hybridized carbons (Fsp3) is 0.684. The predicted molar refractivity (Wildman–Crippen MR) is 92.6 cm³/mol. The van der Waals surface area contributed by atoms with Crippen molar-refractivity contribution in [3.63, 3.8) is 0 Å². The van der Waals surface area contributed by atoms with E-state index in [1.807, 2.05) is 7.11 Å².